The zero-order valence-electron chi connectivity index (χ0n) is 7.58. The molecule has 0 aromatic heterocycles. The summed E-state index contributed by atoms with van der Waals surface area (Å²) in [6.07, 6.45) is 0. The zero-order valence-corrected chi connectivity index (χ0v) is 7.58. The summed E-state index contributed by atoms with van der Waals surface area (Å²) in [6.45, 7) is 3.00. The lowest BCUT2D eigenvalue weighted by molar-refractivity contribution is -0.230. The topological polar surface area (TPSA) is 27.7 Å². The van der Waals surface area contributed by atoms with E-state index in [1.807, 2.05) is 7.05 Å². The van der Waals surface area contributed by atoms with Crippen molar-refractivity contribution in [2.75, 3.05) is 33.9 Å². The minimum atomic E-state index is 0.378. The molecule has 0 aromatic rings. The number of nitrogens with one attached hydrogen (secondary N) is 1. The third kappa shape index (κ3) is 0.510. The van der Waals surface area contributed by atoms with Crippen LogP contribution in [0.25, 0.3) is 0 Å². The van der Waals surface area contributed by atoms with Gasteiger partial charge >= 0.3 is 0 Å². The lowest BCUT2D eigenvalue weighted by atomic mass is 9.67. The highest BCUT2D eigenvalue weighted by Gasteiger charge is 2.71. The maximum Gasteiger partial charge on any atom is 0.0817 e. The second-order valence-corrected chi connectivity index (χ2v) is 4.05. The highest BCUT2D eigenvalue weighted by Crippen LogP contribution is 2.50. The number of ether oxygens (including phenoxy) is 1. The highest BCUT2D eigenvalue weighted by molar-refractivity contribution is 5.27. The number of rotatable bonds is 1. The Morgan fingerprint density at radius 3 is 3.00 bits per heavy atom. The molecule has 0 bridgehead atoms. The molecule has 4 heteroatoms. The van der Waals surface area contributed by atoms with E-state index >= 15 is 0 Å². The van der Waals surface area contributed by atoms with Crippen LogP contribution in [0.5, 0.6) is 0 Å². The fourth-order valence-electron chi connectivity index (χ4n) is 3.08. The van der Waals surface area contributed by atoms with Gasteiger partial charge in [-0.15, -0.1) is 0 Å². The summed E-state index contributed by atoms with van der Waals surface area (Å²) in [6, 6.07) is 1.28. The molecule has 3 aliphatic rings. The summed E-state index contributed by atoms with van der Waals surface area (Å²) in [5, 5.41) is 2.34. The SMILES string of the molecule is CNN1C2COCC23C1CN3C. The van der Waals surface area contributed by atoms with Crippen molar-refractivity contribution in [3.05, 3.63) is 0 Å². The lowest BCUT2D eigenvalue weighted by Gasteiger charge is -2.70. The van der Waals surface area contributed by atoms with E-state index < -0.39 is 0 Å². The van der Waals surface area contributed by atoms with E-state index in [4.69, 9.17) is 4.74 Å². The largest absolute Gasteiger partial charge is 0.378 e. The van der Waals surface area contributed by atoms with Crippen LogP contribution in [-0.2, 0) is 4.74 Å². The first-order valence-electron chi connectivity index (χ1n) is 4.55. The van der Waals surface area contributed by atoms with E-state index in [0.29, 0.717) is 17.6 Å². The molecule has 3 heterocycles. The Labute approximate surface area is 72.4 Å². The first-order valence-corrected chi connectivity index (χ1v) is 4.55. The molecule has 3 unspecified atom stereocenters. The Kier molecular flexibility index (Phi) is 1.22. The van der Waals surface area contributed by atoms with Crippen LogP contribution in [0.15, 0.2) is 0 Å². The molecule has 0 aliphatic carbocycles. The monoisotopic (exact) mass is 169 g/mol. The predicted molar refractivity (Wildman–Crippen MR) is 44.7 cm³/mol. The summed E-state index contributed by atoms with van der Waals surface area (Å²) >= 11 is 0. The number of nitrogens with zero attached hydrogens (tertiary/aromatic N) is 2. The van der Waals surface area contributed by atoms with E-state index in [9.17, 15) is 0 Å². The molecule has 3 fully saturated rings. The fraction of sp³-hybridized carbons (Fsp3) is 1.00. The van der Waals surface area contributed by atoms with Gasteiger partial charge in [-0.3, -0.25) is 10.3 Å². The third-order valence-electron chi connectivity index (χ3n) is 3.85. The fourth-order valence-corrected chi connectivity index (χ4v) is 3.08. The molecule has 12 heavy (non-hydrogen) atoms. The molecule has 1 N–H and O–H groups in total. The van der Waals surface area contributed by atoms with Crippen LogP contribution >= 0.6 is 0 Å². The Morgan fingerprint density at radius 2 is 2.33 bits per heavy atom. The summed E-state index contributed by atoms with van der Waals surface area (Å²) in [4.78, 5) is 2.43. The van der Waals surface area contributed by atoms with Gasteiger partial charge in [-0.25, -0.2) is 5.01 Å². The van der Waals surface area contributed by atoms with Crippen LogP contribution in [0.1, 0.15) is 0 Å². The summed E-state index contributed by atoms with van der Waals surface area (Å²) in [5.41, 5.74) is 3.62. The van der Waals surface area contributed by atoms with Gasteiger partial charge in [0.2, 0.25) is 0 Å². The summed E-state index contributed by atoms with van der Waals surface area (Å²) < 4.78 is 5.54. The number of likely N-dealkylation sites (N-methyl/N-ethyl adjacent to an activating group) is 1. The minimum absolute atomic E-state index is 0.378. The first-order chi connectivity index (χ1) is 5.80. The molecule has 3 rings (SSSR count). The average molecular weight is 169 g/mol. The molecule has 0 radical (unpaired) electrons. The van der Waals surface area contributed by atoms with Gasteiger partial charge in [0.05, 0.1) is 30.8 Å². The van der Waals surface area contributed by atoms with Crippen molar-refractivity contribution in [1.29, 1.82) is 0 Å². The smallest absolute Gasteiger partial charge is 0.0817 e. The van der Waals surface area contributed by atoms with Gasteiger partial charge in [0.25, 0.3) is 0 Å². The van der Waals surface area contributed by atoms with Crippen molar-refractivity contribution in [3.63, 3.8) is 0 Å². The zero-order chi connectivity index (χ0) is 8.34. The second kappa shape index (κ2) is 2.01. The number of hydrazine groups is 1. The highest BCUT2D eigenvalue weighted by atomic mass is 16.5. The van der Waals surface area contributed by atoms with Crippen molar-refractivity contribution in [1.82, 2.24) is 15.3 Å². The third-order valence-corrected chi connectivity index (χ3v) is 3.85. The molecule has 3 atom stereocenters. The van der Waals surface area contributed by atoms with Crippen molar-refractivity contribution >= 4 is 0 Å². The standard InChI is InChI=1S/C8H15N3O/c1-9-11-6-3-10(2)8(6)5-12-4-7(8)11/h6-7,9H,3-5H2,1-2H3. The van der Waals surface area contributed by atoms with Crippen LogP contribution in [0.3, 0.4) is 0 Å². The van der Waals surface area contributed by atoms with Crippen molar-refractivity contribution in [3.8, 4) is 0 Å². The Bertz CT molecular complexity index is 222. The summed E-state index contributed by atoms with van der Waals surface area (Å²) in [7, 11) is 4.20. The molecule has 1 spiro atoms. The van der Waals surface area contributed by atoms with E-state index in [2.05, 4.69) is 22.4 Å². The number of hydrogen-bond donors (Lipinski definition) is 1. The van der Waals surface area contributed by atoms with Gasteiger partial charge in [-0.1, -0.05) is 0 Å². The van der Waals surface area contributed by atoms with Crippen LogP contribution in [-0.4, -0.2) is 61.4 Å². The predicted octanol–water partition coefficient (Wildman–Crippen LogP) is -1.11. The molecule has 4 nitrogen and oxygen atoms in total. The van der Waals surface area contributed by atoms with E-state index in [0.717, 1.165) is 13.2 Å². The van der Waals surface area contributed by atoms with Crippen LogP contribution < -0.4 is 5.43 Å². The van der Waals surface area contributed by atoms with Gasteiger partial charge in [-0.05, 0) is 14.1 Å². The van der Waals surface area contributed by atoms with Gasteiger partial charge in [0.1, 0.15) is 0 Å². The van der Waals surface area contributed by atoms with Gasteiger partial charge in [-0.2, -0.15) is 0 Å². The number of hydrogen-bond acceptors (Lipinski definition) is 4. The van der Waals surface area contributed by atoms with Gasteiger partial charge < -0.3 is 4.74 Å². The van der Waals surface area contributed by atoms with Crippen molar-refractivity contribution in [2.24, 2.45) is 0 Å². The molecular weight excluding hydrogens is 154 g/mol. The first kappa shape index (κ1) is 7.26. The Morgan fingerprint density at radius 1 is 1.50 bits per heavy atom. The molecule has 3 aliphatic heterocycles. The molecular formula is C8H15N3O. The van der Waals surface area contributed by atoms with Crippen molar-refractivity contribution in [2.45, 2.75) is 17.6 Å². The van der Waals surface area contributed by atoms with Gasteiger partial charge in [0.15, 0.2) is 0 Å². The lowest BCUT2D eigenvalue weighted by Crippen LogP contribution is -2.92. The van der Waals surface area contributed by atoms with Crippen LogP contribution in [0.4, 0.5) is 0 Å². The second-order valence-electron chi connectivity index (χ2n) is 4.05. The molecule has 0 aromatic carbocycles. The van der Waals surface area contributed by atoms with E-state index in [-0.39, 0.29) is 0 Å². The molecule has 0 saturated carbocycles. The van der Waals surface area contributed by atoms with Crippen LogP contribution in [0.2, 0.25) is 0 Å². The Hall–Kier alpha value is -0.160. The van der Waals surface area contributed by atoms with Gasteiger partial charge in [0, 0.05) is 6.54 Å². The van der Waals surface area contributed by atoms with Crippen molar-refractivity contribution < 1.29 is 4.74 Å². The number of piperazine rings is 1. The maximum atomic E-state index is 5.54. The average Bonchev–Trinajstić information content (AvgIpc) is 2.47. The maximum absolute atomic E-state index is 5.54. The molecule has 0 amide bonds. The van der Waals surface area contributed by atoms with E-state index in [1.165, 1.54) is 6.54 Å². The van der Waals surface area contributed by atoms with E-state index in [1.54, 1.807) is 0 Å². The minimum Gasteiger partial charge on any atom is -0.378 e. The normalized spacial score (nSPS) is 52.5. The summed E-state index contributed by atoms with van der Waals surface area (Å²) in [5.74, 6) is 0. The number of likely N-dealkylation sites (tertiary alicyclic amines) is 1. The Balaban J connectivity index is 1.88. The van der Waals surface area contributed by atoms with Crippen LogP contribution in [0, 0.1) is 0 Å². The quantitative estimate of drug-likeness (QED) is 0.538. The molecule has 3 saturated heterocycles. The molecule has 68 valence electrons.